The summed E-state index contributed by atoms with van der Waals surface area (Å²) in [5.41, 5.74) is 4.72. The molecule has 0 fully saturated rings. The molecule has 0 atom stereocenters. The zero-order valence-electron chi connectivity index (χ0n) is 16.1. The predicted octanol–water partition coefficient (Wildman–Crippen LogP) is 7.47. The minimum absolute atomic E-state index is 1.23. The minimum atomic E-state index is 1.23. The summed E-state index contributed by atoms with van der Waals surface area (Å²) in [6.45, 7) is 6.87. The number of aryl methyl sites for hydroxylation is 2. The molecule has 0 spiro atoms. The quantitative estimate of drug-likeness (QED) is 0.312. The molecule has 1 rings (SSSR count). The van der Waals surface area contributed by atoms with E-state index in [4.69, 9.17) is 0 Å². The second-order valence-corrected chi connectivity index (χ2v) is 7.04. The van der Waals surface area contributed by atoms with E-state index in [1.54, 1.807) is 11.1 Å². The van der Waals surface area contributed by atoms with Crippen molar-refractivity contribution in [3.05, 3.63) is 34.9 Å². The van der Waals surface area contributed by atoms with Gasteiger partial charge in [0.25, 0.3) is 0 Å². The van der Waals surface area contributed by atoms with Crippen LogP contribution in [0.3, 0.4) is 0 Å². The van der Waals surface area contributed by atoms with E-state index in [-0.39, 0.29) is 0 Å². The van der Waals surface area contributed by atoms with Crippen LogP contribution in [0.1, 0.15) is 108 Å². The zero-order valence-corrected chi connectivity index (χ0v) is 16.1. The van der Waals surface area contributed by atoms with Gasteiger partial charge in [-0.3, -0.25) is 0 Å². The molecule has 0 nitrogen and oxygen atoms in total. The molecule has 131 valence electrons. The van der Waals surface area contributed by atoms with Crippen LogP contribution in [0, 0.1) is 6.07 Å². The average Bonchev–Trinajstić information content (AvgIpc) is 2.56. The van der Waals surface area contributed by atoms with E-state index in [1.165, 1.54) is 95.5 Å². The van der Waals surface area contributed by atoms with E-state index >= 15 is 0 Å². The molecule has 0 bridgehead atoms. The molecule has 0 aliphatic heterocycles. The van der Waals surface area contributed by atoms with Crippen LogP contribution in [0.25, 0.3) is 0 Å². The maximum absolute atomic E-state index is 3.55. The molecule has 0 N–H and O–H groups in total. The van der Waals surface area contributed by atoms with Gasteiger partial charge in [0.2, 0.25) is 0 Å². The number of hydrogen-bond acceptors (Lipinski definition) is 0. The van der Waals surface area contributed by atoms with Crippen LogP contribution in [-0.2, 0) is 19.3 Å². The van der Waals surface area contributed by atoms with Crippen molar-refractivity contribution in [2.24, 2.45) is 0 Å². The first kappa shape index (κ1) is 20.3. The first-order valence-corrected chi connectivity index (χ1v) is 10.3. The van der Waals surface area contributed by atoms with Crippen LogP contribution in [0.15, 0.2) is 12.1 Å². The summed E-state index contributed by atoms with van der Waals surface area (Å²) in [6, 6.07) is 8.01. The van der Waals surface area contributed by atoms with Gasteiger partial charge in [0.1, 0.15) is 0 Å². The molecule has 1 aromatic rings. The molecule has 1 aromatic carbocycles. The fourth-order valence-electron chi connectivity index (χ4n) is 3.52. The topological polar surface area (TPSA) is 0 Å². The number of benzene rings is 1. The molecule has 0 amide bonds. The van der Waals surface area contributed by atoms with Crippen molar-refractivity contribution in [2.75, 3.05) is 0 Å². The van der Waals surface area contributed by atoms with E-state index in [2.05, 4.69) is 39.0 Å². The summed E-state index contributed by atoms with van der Waals surface area (Å²) in [4.78, 5) is 0. The van der Waals surface area contributed by atoms with E-state index in [9.17, 15) is 0 Å². The average molecular weight is 316 g/mol. The van der Waals surface area contributed by atoms with E-state index in [1.807, 2.05) is 0 Å². The van der Waals surface area contributed by atoms with Gasteiger partial charge in [0.05, 0.1) is 0 Å². The van der Waals surface area contributed by atoms with E-state index in [0.717, 1.165) is 0 Å². The maximum atomic E-state index is 3.55. The molecule has 0 aromatic heterocycles. The highest BCUT2D eigenvalue weighted by Crippen LogP contribution is 2.21. The summed E-state index contributed by atoms with van der Waals surface area (Å²) < 4.78 is 0. The number of unbranched alkanes of at least 4 members (excludes halogenated alkanes) is 8. The van der Waals surface area contributed by atoms with Crippen molar-refractivity contribution >= 4 is 0 Å². The van der Waals surface area contributed by atoms with Crippen LogP contribution in [0.5, 0.6) is 0 Å². The Morgan fingerprint density at radius 3 is 1.87 bits per heavy atom. The molecule has 23 heavy (non-hydrogen) atoms. The highest BCUT2D eigenvalue weighted by molar-refractivity contribution is 5.35. The van der Waals surface area contributed by atoms with Gasteiger partial charge in [-0.05, 0) is 48.4 Å². The lowest BCUT2D eigenvalue weighted by molar-refractivity contribution is 0.564. The molecular weight excluding hydrogens is 276 g/mol. The minimum Gasteiger partial charge on any atom is -0.0654 e. The lowest BCUT2D eigenvalue weighted by atomic mass is 9.91. The first-order valence-electron chi connectivity index (χ1n) is 10.3. The summed E-state index contributed by atoms with van der Waals surface area (Å²) in [6.07, 6.45) is 18.9. The van der Waals surface area contributed by atoms with Gasteiger partial charge in [-0.15, -0.1) is 0 Å². The molecular formula is C23H39. The van der Waals surface area contributed by atoms with Crippen LogP contribution in [-0.4, -0.2) is 0 Å². The Morgan fingerprint density at radius 2 is 1.26 bits per heavy atom. The molecule has 1 radical (unpaired) electrons. The third-order valence-electron chi connectivity index (χ3n) is 4.84. The Hall–Kier alpha value is -0.780. The SMILES string of the molecule is CCCCCCCCCCCc1[c]ccc(CCC)c1CCC. The largest absolute Gasteiger partial charge is 0.0654 e. The normalized spacial score (nSPS) is 11.1. The summed E-state index contributed by atoms with van der Waals surface area (Å²) in [7, 11) is 0. The second kappa shape index (κ2) is 13.6. The molecule has 0 saturated heterocycles. The number of hydrogen-bond donors (Lipinski definition) is 0. The standard InChI is InChI=1S/C23H39/c1-4-7-8-9-10-11-12-13-14-18-22-20-15-19-21(16-5-2)23(22)17-6-3/h15,19H,4-14,16-18H2,1-3H3. The Morgan fingerprint density at radius 1 is 0.652 bits per heavy atom. The fourth-order valence-corrected chi connectivity index (χ4v) is 3.52. The van der Waals surface area contributed by atoms with Crippen molar-refractivity contribution in [1.29, 1.82) is 0 Å². The van der Waals surface area contributed by atoms with Crippen LogP contribution in [0.2, 0.25) is 0 Å². The molecule has 0 heterocycles. The van der Waals surface area contributed by atoms with Crippen molar-refractivity contribution in [3.8, 4) is 0 Å². The number of rotatable bonds is 14. The Kier molecular flexibility index (Phi) is 12.0. The van der Waals surface area contributed by atoms with Crippen molar-refractivity contribution in [2.45, 2.75) is 111 Å². The summed E-state index contributed by atoms with van der Waals surface area (Å²) in [5.74, 6) is 0. The molecule has 0 saturated carbocycles. The molecule has 0 aliphatic carbocycles. The van der Waals surface area contributed by atoms with Crippen LogP contribution in [0.4, 0.5) is 0 Å². The highest BCUT2D eigenvalue weighted by Gasteiger charge is 2.07. The van der Waals surface area contributed by atoms with Crippen LogP contribution >= 0.6 is 0 Å². The Balaban J connectivity index is 2.29. The fraction of sp³-hybridized carbons (Fsp3) is 0.739. The lowest BCUT2D eigenvalue weighted by Crippen LogP contribution is -2.01. The third-order valence-corrected chi connectivity index (χ3v) is 4.84. The highest BCUT2D eigenvalue weighted by atomic mass is 14.1. The van der Waals surface area contributed by atoms with Gasteiger partial charge in [-0.25, -0.2) is 0 Å². The smallest absolute Gasteiger partial charge is 0.0146 e. The molecule has 0 aliphatic rings. The second-order valence-electron chi connectivity index (χ2n) is 7.04. The van der Waals surface area contributed by atoms with Gasteiger partial charge in [0, 0.05) is 0 Å². The van der Waals surface area contributed by atoms with Crippen molar-refractivity contribution < 1.29 is 0 Å². The van der Waals surface area contributed by atoms with Crippen molar-refractivity contribution in [1.82, 2.24) is 0 Å². The molecule has 0 unspecified atom stereocenters. The third kappa shape index (κ3) is 8.58. The Bertz CT molecular complexity index is 391. The first-order chi connectivity index (χ1) is 11.3. The lowest BCUT2D eigenvalue weighted by Gasteiger charge is -2.14. The van der Waals surface area contributed by atoms with Gasteiger partial charge in [-0.2, -0.15) is 0 Å². The summed E-state index contributed by atoms with van der Waals surface area (Å²) in [5, 5.41) is 0. The Labute approximate surface area is 146 Å². The predicted molar refractivity (Wildman–Crippen MR) is 104 cm³/mol. The zero-order chi connectivity index (χ0) is 16.8. The summed E-state index contributed by atoms with van der Waals surface area (Å²) >= 11 is 0. The monoisotopic (exact) mass is 315 g/mol. The van der Waals surface area contributed by atoms with E-state index in [0.29, 0.717) is 0 Å². The van der Waals surface area contributed by atoms with Gasteiger partial charge < -0.3 is 0 Å². The molecule has 0 heteroatoms. The van der Waals surface area contributed by atoms with Gasteiger partial charge >= 0.3 is 0 Å². The van der Waals surface area contributed by atoms with Crippen LogP contribution < -0.4 is 0 Å². The van der Waals surface area contributed by atoms with E-state index < -0.39 is 0 Å². The van der Waals surface area contributed by atoms with Crippen molar-refractivity contribution in [3.63, 3.8) is 0 Å². The maximum Gasteiger partial charge on any atom is -0.0146 e. The van der Waals surface area contributed by atoms with Gasteiger partial charge in [0.15, 0.2) is 0 Å². The van der Waals surface area contributed by atoms with Gasteiger partial charge in [-0.1, -0.05) is 97.1 Å².